The molecular formula is C13H26N2OSe. The van der Waals surface area contributed by atoms with Crippen LogP contribution in [-0.2, 0) is 4.79 Å². The zero-order valence-electron chi connectivity index (χ0n) is 11.2. The van der Waals surface area contributed by atoms with Crippen molar-refractivity contribution in [2.45, 2.75) is 46.5 Å². The molecule has 0 aliphatic rings. The summed E-state index contributed by atoms with van der Waals surface area (Å²) in [5.74, 6) is 0.0801. The Labute approximate surface area is 115 Å². The molecule has 3 nitrogen and oxygen atoms in total. The van der Waals surface area contributed by atoms with Gasteiger partial charge in [-0.1, -0.05) is 26.2 Å². The molecule has 4 heteroatoms. The minimum atomic E-state index is 0. The summed E-state index contributed by atoms with van der Waals surface area (Å²) >= 11 is 0. The van der Waals surface area contributed by atoms with E-state index in [0.29, 0.717) is 0 Å². The number of aromatic nitrogens is 1. The third kappa shape index (κ3) is 15.3. The molecule has 0 aliphatic carbocycles. The van der Waals surface area contributed by atoms with Crippen molar-refractivity contribution < 1.29 is 4.79 Å². The van der Waals surface area contributed by atoms with Gasteiger partial charge in [0, 0.05) is 25.4 Å². The third-order valence-electron chi connectivity index (χ3n) is 2.16. The summed E-state index contributed by atoms with van der Waals surface area (Å²) in [5.41, 5.74) is 1.22. The molecule has 0 radical (unpaired) electrons. The molecule has 1 rings (SSSR count). The van der Waals surface area contributed by atoms with E-state index in [4.69, 9.17) is 0 Å². The van der Waals surface area contributed by atoms with E-state index in [2.05, 4.69) is 17.2 Å². The van der Waals surface area contributed by atoms with Crippen LogP contribution in [0.2, 0.25) is 0 Å². The standard InChI is InChI=1S/C8H17NO.C5H7N.H2Se/c1-3-4-5-6-7-9-8(2)10;1-5-3-2-4-6-5;/h3-7H2,1-2H3,(H,9,10);2-4,6H,1H3;1H2. The predicted molar refractivity (Wildman–Crippen MR) is 76.9 cm³/mol. The van der Waals surface area contributed by atoms with Crippen molar-refractivity contribution in [2.75, 3.05) is 6.54 Å². The quantitative estimate of drug-likeness (QED) is 0.635. The number of unbranched alkanes of at least 4 members (excludes halogenated alkanes) is 3. The summed E-state index contributed by atoms with van der Waals surface area (Å²) in [6, 6.07) is 4.01. The molecule has 0 saturated heterocycles. The Hall–Kier alpha value is -0.731. The molecule has 0 fully saturated rings. The summed E-state index contributed by atoms with van der Waals surface area (Å²) in [7, 11) is 0. The molecule has 0 atom stereocenters. The Morgan fingerprint density at radius 2 is 2.06 bits per heavy atom. The van der Waals surface area contributed by atoms with Gasteiger partial charge in [0.2, 0.25) is 5.91 Å². The Kier molecular flexibility index (Phi) is 14.6. The Balaban J connectivity index is 0. The normalized spacial score (nSPS) is 8.65. The Bertz CT molecular complexity index is 260. The van der Waals surface area contributed by atoms with Crippen LogP contribution in [0.5, 0.6) is 0 Å². The molecule has 1 heterocycles. The molecule has 0 bridgehead atoms. The molecule has 2 N–H and O–H groups in total. The van der Waals surface area contributed by atoms with Gasteiger partial charge in [0.1, 0.15) is 0 Å². The number of amides is 1. The number of H-pyrrole nitrogens is 1. The number of carbonyl (C=O) groups excluding carboxylic acids is 1. The summed E-state index contributed by atoms with van der Waals surface area (Å²) < 4.78 is 0. The Morgan fingerprint density at radius 3 is 2.41 bits per heavy atom. The maximum absolute atomic E-state index is 10.4. The SMILES string of the molecule is CCCCCCNC(C)=O.Cc1ccc[nH]1.[SeH2]. The maximum atomic E-state index is 10.4. The fourth-order valence-corrected chi connectivity index (χ4v) is 1.24. The fraction of sp³-hybridized carbons (Fsp3) is 0.615. The van der Waals surface area contributed by atoms with Crippen LogP contribution in [0.1, 0.15) is 45.2 Å². The van der Waals surface area contributed by atoms with E-state index < -0.39 is 0 Å². The van der Waals surface area contributed by atoms with Gasteiger partial charge in [0.05, 0.1) is 0 Å². The van der Waals surface area contributed by atoms with Gasteiger partial charge >= 0.3 is 17.1 Å². The van der Waals surface area contributed by atoms with Crippen LogP contribution in [0.3, 0.4) is 0 Å². The summed E-state index contributed by atoms with van der Waals surface area (Å²) in [5, 5.41) is 2.77. The number of hydrogen-bond donors (Lipinski definition) is 2. The van der Waals surface area contributed by atoms with Crippen LogP contribution in [0.15, 0.2) is 18.3 Å². The minimum absolute atomic E-state index is 0. The molecule has 17 heavy (non-hydrogen) atoms. The summed E-state index contributed by atoms with van der Waals surface area (Å²) in [6.45, 7) is 6.60. The number of nitrogens with one attached hydrogen (secondary N) is 2. The van der Waals surface area contributed by atoms with Crippen molar-refractivity contribution in [2.24, 2.45) is 0 Å². The van der Waals surface area contributed by atoms with E-state index >= 15 is 0 Å². The Morgan fingerprint density at radius 1 is 1.35 bits per heavy atom. The molecular weight excluding hydrogens is 279 g/mol. The zero-order chi connectivity index (χ0) is 12.2. The summed E-state index contributed by atoms with van der Waals surface area (Å²) in [4.78, 5) is 13.4. The van der Waals surface area contributed by atoms with Crippen molar-refractivity contribution in [3.8, 4) is 0 Å². The molecule has 0 spiro atoms. The number of hydrogen-bond acceptors (Lipinski definition) is 1. The topological polar surface area (TPSA) is 44.9 Å². The van der Waals surface area contributed by atoms with Crippen LogP contribution >= 0.6 is 0 Å². The molecule has 1 amide bonds. The molecule has 0 unspecified atom stereocenters. The van der Waals surface area contributed by atoms with Gasteiger partial charge in [-0.25, -0.2) is 0 Å². The van der Waals surface area contributed by atoms with Gasteiger partial charge in [-0.05, 0) is 25.5 Å². The van der Waals surface area contributed by atoms with Crippen molar-refractivity contribution in [1.29, 1.82) is 0 Å². The fourth-order valence-electron chi connectivity index (χ4n) is 1.24. The molecule has 1 aromatic heterocycles. The van der Waals surface area contributed by atoms with E-state index in [-0.39, 0.29) is 23.0 Å². The second kappa shape index (κ2) is 13.3. The third-order valence-corrected chi connectivity index (χ3v) is 2.16. The van der Waals surface area contributed by atoms with E-state index in [1.807, 2.05) is 25.3 Å². The summed E-state index contributed by atoms with van der Waals surface area (Å²) in [6.07, 6.45) is 6.79. The van der Waals surface area contributed by atoms with Gasteiger partial charge in [0.25, 0.3) is 0 Å². The predicted octanol–water partition coefficient (Wildman–Crippen LogP) is 2.11. The first-order valence-corrected chi connectivity index (χ1v) is 6.01. The van der Waals surface area contributed by atoms with Crippen molar-refractivity contribution in [1.82, 2.24) is 10.3 Å². The average Bonchev–Trinajstić information content (AvgIpc) is 2.69. The molecule has 0 saturated carbocycles. The molecule has 0 aliphatic heterocycles. The van der Waals surface area contributed by atoms with Gasteiger partial charge in [-0.3, -0.25) is 4.79 Å². The van der Waals surface area contributed by atoms with Crippen LogP contribution in [0.4, 0.5) is 0 Å². The molecule has 0 aromatic carbocycles. The second-order valence-electron chi connectivity index (χ2n) is 3.90. The monoisotopic (exact) mass is 306 g/mol. The van der Waals surface area contributed by atoms with Crippen LogP contribution in [0, 0.1) is 6.92 Å². The van der Waals surface area contributed by atoms with Gasteiger partial charge in [-0.15, -0.1) is 0 Å². The first-order valence-electron chi connectivity index (χ1n) is 6.01. The molecule has 1 aromatic rings. The van der Waals surface area contributed by atoms with Gasteiger partial charge < -0.3 is 10.3 Å². The van der Waals surface area contributed by atoms with Crippen molar-refractivity contribution in [3.05, 3.63) is 24.0 Å². The number of aromatic amines is 1. The average molecular weight is 305 g/mol. The van der Waals surface area contributed by atoms with E-state index in [1.54, 1.807) is 6.92 Å². The van der Waals surface area contributed by atoms with E-state index in [9.17, 15) is 4.79 Å². The van der Waals surface area contributed by atoms with Gasteiger partial charge in [-0.2, -0.15) is 0 Å². The van der Waals surface area contributed by atoms with Gasteiger partial charge in [0.15, 0.2) is 0 Å². The van der Waals surface area contributed by atoms with Crippen LogP contribution in [-0.4, -0.2) is 34.5 Å². The number of aryl methyl sites for hydroxylation is 1. The van der Waals surface area contributed by atoms with Crippen LogP contribution < -0.4 is 5.32 Å². The van der Waals surface area contributed by atoms with Crippen LogP contribution in [0.25, 0.3) is 0 Å². The number of carbonyl (C=O) groups is 1. The first kappa shape index (κ1) is 18.6. The zero-order valence-corrected chi connectivity index (χ0v) is 13.3. The first-order chi connectivity index (χ1) is 7.66. The van der Waals surface area contributed by atoms with Crippen molar-refractivity contribution >= 4 is 23.0 Å². The van der Waals surface area contributed by atoms with E-state index in [0.717, 1.165) is 13.0 Å². The molecule has 100 valence electrons. The number of rotatable bonds is 5. The van der Waals surface area contributed by atoms with E-state index in [1.165, 1.54) is 25.0 Å². The van der Waals surface area contributed by atoms with Crippen molar-refractivity contribution in [3.63, 3.8) is 0 Å². The second-order valence-corrected chi connectivity index (χ2v) is 3.90.